The van der Waals surface area contributed by atoms with Gasteiger partial charge in [-0.05, 0) is 69.0 Å². The van der Waals surface area contributed by atoms with Gasteiger partial charge in [-0.25, -0.2) is 4.39 Å². The predicted molar refractivity (Wildman–Crippen MR) is 107 cm³/mol. The highest BCUT2D eigenvalue weighted by atomic mass is 19.1. The van der Waals surface area contributed by atoms with Crippen LogP contribution in [0.1, 0.15) is 58.1 Å². The Hall–Kier alpha value is -2.27. The Morgan fingerprint density at radius 2 is 2.00 bits per heavy atom. The zero-order valence-corrected chi connectivity index (χ0v) is 16.2. The lowest BCUT2D eigenvalue weighted by atomic mass is 10.1. The molecular weight excluding hydrogens is 343 g/mol. The van der Waals surface area contributed by atoms with Gasteiger partial charge in [0.2, 0.25) is 0 Å². The van der Waals surface area contributed by atoms with Gasteiger partial charge in [0.05, 0.1) is 17.5 Å². The zero-order valence-electron chi connectivity index (χ0n) is 16.2. The fourth-order valence-electron chi connectivity index (χ4n) is 2.70. The second kappa shape index (κ2) is 11.4. The summed E-state index contributed by atoms with van der Waals surface area (Å²) in [5.74, 6) is -1.03. The third-order valence-electron chi connectivity index (χ3n) is 4.35. The number of phenols is 1. The maximum absolute atomic E-state index is 13.4. The molecule has 0 amide bonds. The Morgan fingerprint density at radius 1 is 1.15 bits per heavy atom. The fraction of sp³-hybridized carbons (Fsp3) is 0.455. The van der Waals surface area contributed by atoms with Crippen LogP contribution in [0.4, 0.5) is 4.39 Å². The lowest BCUT2D eigenvalue weighted by Gasteiger charge is -2.11. The van der Waals surface area contributed by atoms with Crippen LogP contribution in [0.25, 0.3) is 17.3 Å². The summed E-state index contributed by atoms with van der Waals surface area (Å²) in [6.45, 7) is 5.19. The Morgan fingerprint density at radius 3 is 2.70 bits per heavy atom. The van der Waals surface area contributed by atoms with Crippen LogP contribution in [0.3, 0.4) is 0 Å². The summed E-state index contributed by atoms with van der Waals surface area (Å²) in [4.78, 5) is 0. The number of aromatic nitrogens is 2. The minimum Gasteiger partial charge on any atom is -0.505 e. The molecule has 1 aromatic carbocycles. The van der Waals surface area contributed by atoms with Crippen molar-refractivity contribution in [1.29, 1.82) is 0 Å². The summed E-state index contributed by atoms with van der Waals surface area (Å²) in [5, 5.41) is 17.5. The Kier molecular flexibility index (Phi) is 8.92. The van der Waals surface area contributed by atoms with Gasteiger partial charge in [-0.15, -0.1) is 5.10 Å². The van der Waals surface area contributed by atoms with Gasteiger partial charge in [0, 0.05) is 12.2 Å². The van der Waals surface area contributed by atoms with Crippen LogP contribution in [0.15, 0.2) is 36.4 Å². The molecule has 27 heavy (non-hydrogen) atoms. The number of hydrogen-bond acceptors (Lipinski definition) is 4. The molecule has 0 aliphatic rings. The van der Waals surface area contributed by atoms with E-state index in [-0.39, 0.29) is 5.75 Å². The molecule has 0 aliphatic carbocycles. The Balaban J connectivity index is 1.73. The molecule has 1 N–H and O–H groups in total. The van der Waals surface area contributed by atoms with Crippen molar-refractivity contribution in [3.05, 3.63) is 47.9 Å². The molecular formula is C22H29FN2O2. The van der Waals surface area contributed by atoms with Crippen molar-refractivity contribution in [2.75, 3.05) is 6.61 Å². The van der Waals surface area contributed by atoms with E-state index < -0.39 is 5.82 Å². The number of allylic oxidation sites excluding steroid dienone is 1. The van der Waals surface area contributed by atoms with E-state index in [2.05, 4.69) is 30.1 Å². The van der Waals surface area contributed by atoms with E-state index in [0.717, 1.165) is 38.0 Å². The number of unbranched alkanes of at least 4 members (excludes halogenated alkanes) is 3. The summed E-state index contributed by atoms with van der Waals surface area (Å²) >= 11 is 0. The number of ether oxygens (including phenoxy) is 1. The van der Waals surface area contributed by atoms with Crippen molar-refractivity contribution in [2.24, 2.45) is 0 Å². The average molecular weight is 372 g/mol. The van der Waals surface area contributed by atoms with Gasteiger partial charge in [0.15, 0.2) is 11.6 Å². The first-order chi connectivity index (χ1) is 13.1. The third-order valence-corrected chi connectivity index (χ3v) is 4.35. The minimum atomic E-state index is -0.665. The van der Waals surface area contributed by atoms with Gasteiger partial charge in [0.25, 0.3) is 0 Å². The van der Waals surface area contributed by atoms with E-state index in [1.807, 2.05) is 12.1 Å². The first kappa shape index (κ1) is 21.0. The van der Waals surface area contributed by atoms with Crippen molar-refractivity contribution in [3.8, 4) is 17.0 Å². The molecule has 2 rings (SSSR count). The normalized spacial score (nSPS) is 12.6. The summed E-state index contributed by atoms with van der Waals surface area (Å²) in [6, 6.07) is 7.83. The van der Waals surface area contributed by atoms with Gasteiger partial charge in [-0.3, -0.25) is 0 Å². The van der Waals surface area contributed by atoms with Gasteiger partial charge >= 0.3 is 0 Å². The molecule has 0 aliphatic heterocycles. The van der Waals surface area contributed by atoms with Crippen LogP contribution < -0.4 is 0 Å². The second-order valence-corrected chi connectivity index (χ2v) is 6.73. The number of hydrogen-bond donors (Lipinski definition) is 1. The van der Waals surface area contributed by atoms with Crippen molar-refractivity contribution < 1.29 is 14.2 Å². The molecule has 1 heterocycles. The van der Waals surface area contributed by atoms with Crippen LogP contribution in [0.5, 0.6) is 5.75 Å². The first-order valence-corrected chi connectivity index (χ1v) is 9.71. The van der Waals surface area contributed by atoms with Gasteiger partial charge < -0.3 is 9.84 Å². The quantitative estimate of drug-likeness (QED) is 0.509. The lowest BCUT2D eigenvalue weighted by molar-refractivity contribution is 0.0566. The molecule has 1 unspecified atom stereocenters. The topological polar surface area (TPSA) is 55.2 Å². The average Bonchev–Trinajstić information content (AvgIpc) is 2.68. The number of aromatic hydroxyl groups is 1. The van der Waals surface area contributed by atoms with E-state index in [9.17, 15) is 9.50 Å². The van der Waals surface area contributed by atoms with Crippen LogP contribution in [0, 0.1) is 5.82 Å². The molecule has 146 valence electrons. The first-order valence-electron chi connectivity index (χ1n) is 9.71. The van der Waals surface area contributed by atoms with Crippen LogP contribution >= 0.6 is 0 Å². The molecule has 0 radical (unpaired) electrons. The highest BCUT2D eigenvalue weighted by molar-refractivity contribution is 5.60. The number of nitrogens with zero attached hydrogens (tertiary/aromatic N) is 2. The summed E-state index contributed by atoms with van der Waals surface area (Å²) < 4.78 is 19.2. The SMILES string of the molecule is CCCCCOC(C)CCCC=Cc1ccc(-c2ccc(O)c(F)c2)nn1. The number of halogens is 1. The van der Waals surface area contributed by atoms with E-state index in [1.54, 1.807) is 12.1 Å². The van der Waals surface area contributed by atoms with E-state index in [0.29, 0.717) is 17.4 Å². The van der Waals surface area contributed by atoms with Crippen LogP contribution in [-0.2, 0) is 4.74 Å². The van der Waals surface area contributed by atoms with E-state index >= 15 is 0 Å². The highest BCUT2D eigenvalue weighted by Crippen LogP contribution is 2.23. The maximum Gasteiger partial charge on any atom is 0.165 e. The van der Waals surface area contributed by atoms with Crippen molar-refractivity contribution >= 4 is 6.08 Å². The standard InChI is InChI=1S/C22H29FN2O2/c1-3-4-8-15-27-17(2)9-6-5-7-10-19-12-13-21(25-24-19)18-11-14-22(26)20(23)16-18/h7,10-14,16-17,26H,3-6,8-9,15H2,1-2H3. The summed E-state index contributed by atoms with van der Waals surface area (Å²) in [5.41, 5.74) is 1.92. The molecule has 0 bridgehead atoms. The van der Waals surface area contributed by atoms with Crippen LogP contribution in [0.2, 0.25) is 0 Å². The van der Waals surface area contributed by atoms with E-state index in [1.165, 1.54) is 25.0 Å². The largest absolute Gasteiger partial charge is 0.505 e. The van der Waals surface area contributed by atoms with Crippen molar-refractivity contribution in [1.82, 2.24) is 10.2 Å². The summed E-state index contributed by atoms with van der Waals surface area (Å²) in [7, 11) is 0. The Labute approximate surface area is 161 Å². The molecule has 2 aromatic rings. The van der Waals surface area contributed by atoms with E-state index in [4.69, 9.17) is 4.74 Å². The van der Waals surface area contributed by atoms with Crippen molar-refractivity contribution in [3.63, 3.8) is 0 Å². The molecule has 0 fully saturated rings. The monoisotopic (exact) mass is 372 g/mol. The number of benzene rings is 1. The second-order valence-electron chi connectivity index (χ2n) is 6.73. The molecule has 0 saturated carbocycles. The van der Waals surface area contributed by atoms with Gasteiger partial charge in [-0.1, -0.05) is 25.8 Å². The third kappa shape index (κ3) is 7.47. The number of phenolic OH excluding ortho intramolecular Hbond substituents is 1. The number of rotatable bonds is 11. The maximum atomic E-state index is 13.4. The molecule has 5 heteroatoms. The fourth-order valence-corrected chi connectivity index (χ4v) is 2.70. The molecule has 1 atom stereocenters. The van der Waals surface area contributed by atoms with Gasteiger partial charge in [0.1, 0.15) is 0 Å². The predicted octanol–water partition coefficient (Wildman–Crippen LogP) is 5.77. The minimum absolute atomic E-state index is 0.306. The Bertz CT molecular complexity index is 717. The van der Waals surface area contributed by atoms with Gasteiger partial charge in [-0.2, -0.15) is 5.10 Å². The summed E-state index contributed by atoms with van der Waals surface area (Å²) in [6.07, 6.45) is 11.0. The lowest BCUT2D eigenvalue weighted by Crippen LogP contribution is -2.08. The molecule has 0 spiro atoms. The zero-order chi connectivity index (χ0) is 19.5. The molecule has 4 nitrogen and oxygen atoms in total. The van der Waals surface area contributed by atoms with Crippen molar-refractivity contribution in [2.45, 2.75) is 58.5 Å². The smallest absolute Gasteiger partial charge is 0.165 e. The highest BCUT2D eigenvalue weighted by Gasteiger charge is 2.05. The molecule has 1 aromatic heterocycles. The van der Waals surface area contributed by atoms with Crippen LogP contribution in [-0.4, -0.2) is 28.0 Å². The molecule has 0 saturated heterocycles.